The van der Waals surface area contributed by atoms with Gasteiger partial charge in [0.2, 0.25) is 0 Å². The molecule has 0 aliphatic carbocycles. The van der Waals surface area contributed by atoms with E-state index in [1.165, 1.54) is 10.6 Å². The number of anilines is 1. The Kier molecular flexibility index (Phi) is 3.57. The van der Waals surface area contributed by atoms with Crippen LogP contribution in [0.2, 0.25) is 0 Å². The van der Waals surface area contributed by atoms with E-state index in [2.05, 4.69) is 10.1 Å². The van der Waals surface area contributed by atoms with Gasteiger partial charge in [0, 0.05) is 6.54 Å². The van der Waals surface area contributed by atoms with E-state index in [9.17, 15) is 8.42 Å². The second kappa shape index (κ2) is 5.76. The van der Waals surface area contributed by atoms with E-state index in [0.29, 0.717) is 6.54 Å². The molecule has 2 aromatic carbocycles. The molecule has 24 heavy (non-hydrogen) atoms. The average molecular weight is 340 g/mol. The minimum atomic E-state index is -3.57. The van der Waals surface area contributed by atoms with Gasteiger partial charge >= 0.3 is 0 Å². The standard InChI is InChI=1S/C17H16N4O2S/c22-24(23,21-11-3-5-14-4-1-2-6-17(14)21)16-9-7-15(8-10-16)20-13-18-12-19-20/h1-2,4,6-10,12-13H,3,5,11H2. The van der Waals surface area contributed by atoms with Crippen molar-refractivity contribution in [2.45, 2.75) is 17.7 Å². The van der Waals surface area contributed by atoms with E-state index in [0.717, 1.165) is 29.8 Å². The molecule has 7 heteroatoms. The molecule has 1 aliphatic heterocycles. The van der Waals surface area contributed by atoms with Crippen molar-refractivity contribution in [1.29, 1.82) is 0 Å². The van der Waals surface area contributed by atoms with Crippen molar-refractivity contribution in [2.24, 2.45) is 0 Å². The summed E-state index contributed by atoms with van der Waals surface area (Å²) in [4.78, 5) is 4.17. The third-order valence-corrected chi connectivity index (χ3v) is 6.00. The summed E-state index contributed by atoms with van der Waals surface area (Å²) in [5, 5.41) is 4.04. The van der Waals surface area contributed by atoms with Gasteiger partial charge in [0.15, 0.2) is 0 Å². The lowest BCUT2D eigenvalue weighted by atomic mass is 10.0. The van der Waals surface area contributed by atoms with E-state index in [1.807, 2.05) is 24.3 Å². The molecule has 3 aromatic rings. The highest BCUT2D eigenvalue weighted by molar-refractivity contribution is 7.92. The smallest absolute Gasteiger partial charge is 0.264 e. The number of rotatable bonds is 3. The molecule has 0 radical (unpaired) electrons. The molecule has 0 spiro atoms. The van der Waals surface area contributed by atoms with Crippen LogP contribution in [-0.4, -0.2) is 29.7 Å². The van der Waals surface area contributed by atoms with Crippen molar-refractivity contribution in [3.8, 4) is 5.69 Å². The number of aromatic nitrogens is 3. The molecule has 6 nitrogen and oxygen atoms in total. The van der Waals surface area contributed by atoms with Crippen LogP contribution >= 0.6 is 0 Å². The largest absolute Gasteiger partial charge is 0.266 e. The number of sulfonamides is 1. The van der Waals surface area contributed by atoms with Gasteiger partial charge in [-0.3, -0.25) is 4.31 Å². The predicted octanol–water partition coefficient (Wildman–Crippen LogP) is 2.41. The van der Waals surface area contributed by atoms with E-state index >= 15 is 0 Å². The highest BCUT2D eigenvalue weighted by Gasteiger charge is 2.28. The molecule has 2 heterocycles. The highest BCUT2D eigenvalue weighted by Crippen LogP contribution is 2.31. The average Bonchev–Trinajstić information content (AvgIpc) is 3.16. The van der Waals surface area contributed by atoms with E-state index in [-0.39, 0.29) is 4.90 Å². The number of benzene rings is 2. The third-order valence-electron chi connectivity index (χ3n) is 4.18. The van der Waals surface area contributed by atoms with Gasteiger partial charge in [0.25, 0.3) is 10.0 Å². The van der Waals surface area contributed by atoms with Crippen LogP contribution in [0, 0.1) is 0 Å². The molecule has 1 aliphatic rings. The van der Waals surface area contributed by atoms with Crippen molar-refractivity contribution in [1.82, 2.24) is 14.8 Å². The Bertz CT molecular complexity index is 951. The van der Waals surface area contributed by atoms with Crippen molar-refractivity contribution in [3.63, 3.8) is 0 Å². The SMILES string of the molecule is O=S(=O)(c1ccc(-n2cncn2)cc1)N1CCCc2ccccc21. The van der Waals surface area contributed by atoms with Gasteiger partial charge in [0.05, 0.1) is 16.3 Å². The van der Waals surface area contributed by atoms with Gasteiger partial charge in [-0.2, -0.15) is 5.10 Å². The number of aryl methyl sites for hydroxylation is 1. The first-order valence-corrected chi connectivity index (χ1v) is 9.16. The van der Waals surface area contributed by atoms with Crippen LogP contribution in [0.3, 0.4) is 0 Å². The zero-order chi connectivity index (χ0) is 16.6. The molecule has 0 atom stereocenters. The molecule has 0 saturated heterocycles. The van der Waals surface area contributed by atoms with Crippen LogP contribution in [0.25, 0.3) is 5.69 Å². The molecule has 122 valence electrons. The molecular weight excluding hydrogens is 324 g/mol. The fourth-order valence-corrected chi connectivity index (χ4v) is 4.53. The molecule has 0 saturated carbocycles. The molecule has 0 bridgehead atoms. The summed E-state index contributed by atoms with van der Waals surface area (Å²) >= 11 is 0. The summed E-state index contributed by atoms with van der Waals surface area (Å²) in [6, 6.07) is 14.4. The van der Waals surface area contributed by atoms with Crippen LogP contribution < -0.4 is 4.31 Å². The van der Waals surface area contributed by atoms with Crippen molar-refractivity contribution < 1.29 is 8.42 Å². The Balaban J connectivity index is 1.71. The monoisotopic (exact) mass is 340 g/mol. The molecule has 0 amide bonds. The van der Waals surface area contributed by atoms with E-state index in [1.54, 1.807) is 35.3 Å². The highest BCUT2D eigenvalue weighted by atomic mass is 32.2. The van der Waals surface area contributed by atoms with Gasteiger partial charge in [0.1, 0.15) is 12.7 Å². The van der Waals surface area contributed by atoms with Crippen molar-refractivity contribution in [2.75, 3.05) is 10.8 Å². The van der Waals surface area contributed by atoms with E-state index in [4.69, 9.17) is 0 Å². The minimum Gasteiger partial charge on any atom is -0.266 e. The zero-order valence-corrected chi connectivity index (χ0v) is 13.7. The maximum absolute atomic E-state index is 13.0. The molecule has 0 unspecified atom stereocenters. The summed E-state index contributed by atoms with van der Waals surface area (Å²) in [6.07, 6.45) is 4.75. The fraction of sp³-hybridized carbons (Fsp3) is 0.176. The number of hydrogen-bond donors (Lipinski definition) is 0. The molecule has 0 N–H and O–H groups in total. The fourth-order valence-electron chi connectivity index (χ4n) is 2.99. The summed E-state index contributed by atoms with van der Waals surface area (Å²) in [5.41, 5.74) is 2.63. The minimum absolute atomic E-state index is 0.281. The Morgan fingerprint density at radius 2 is 1.79 bits per heavy atom. The second-order valence-corrected chi connectivity index (χ2v) is 7.51. The number of hydrogen-bond acceptors (Lipinski definition) is 4. The Labute approximate surface area is 140 Å². The lowest BCUT2D eigenvalue weighted by molar-refractivity contribution is 0.586. The number of nitrogens with zero attached hydrogens (tertiary/aromatic N) is 4. The maximum atomic E-state index is 13.0. The quantitative estimate of drug-likeness (QED) is 0.734. The molecular formula is C17H16N4O2S. The summed E-state index contributed by atoms with van der Waals surface area (Å²) in [7, 11) is -3.57. The van der Waals surface area contributed by atoms with Gasteiger partial charge in [-0.05, 0) is 48.7 Å². The number of fused-ring (bicyclic) bond motifs is 1. The normalized spacial score (nSPS) is 14.4. The summed E-state index contributed by atoms with van der Waals surface area (Å²) in [5.74, 6) is 0. The third kappa shape index (κ3) is 2.46. The molecule has 0 fully saturated rings. The number of para-hydroxylation sites is 1. The Morgan fingerprint density at radius 1 is 1.00 bits per heavy atom. The summed E-state index contributed by atoms with van der Waals surface area (Å²) < 4.78 is 29.2. The van der Waals surface area contributed by atoms with Gasteiger partial charge in [-0.1, -0.05) is 18.2 Å². The zero-order valence-electron chi connectivity index (χ0n) is 12.9. The van der Waals surface area contributed by atoms with E-state index < -0.39 is 10.0 Å². The van der Waals surface area contributed by atoms with Crippen molar-refractivity contribution >= 4 is 15.7 Å². The van der Waals surface area contributed by atoms with Crippen LogP contribution in [0.1, 0.15) is 12.0 Å². The maximum Gasteiger partial charge on any atom is 0.264 e. The van der Waals surface area contributed by atoms with Gasteiger partial charge in [-0.25, -0.2) is 18.1 Å². The van der Waals surface area contributed by atoms with Gasteiger partial charge in [-0.15, -0.1) is 0 Å². The second-order valence-electron chi connectivity index (χ2n) is 5.64. The Hall–Kier alpha value is -2.67. The van der Waals surface area contributed by atoms with Crippen LogP contribution in [-0.2, 0) is 16.4 Å². The first kappa shape index (κ1) is 14.9. The first-order valence-electron chi connectivity index (χ1n) is 7.72. The van der Waals surface area contributed by atoms with Crippen molar-refractivity contribution in [3.05, 3.63) is 66.7 Å². The van der Waals surface area contributed by atoms with Crippen LogP contribution in [0.4, 0.5) is 5.69 Å². The lowest BCUT2D eigenvalue weighted by Gasteiger charge is -2.30. The van der Waals surface area contributed by atoms with Crippen LogP contribution in [0.15, 0.2) is 66.1 Å². The first-order chi connectivity index (χ1) is 11.7. The molecule has 1 aromatic heterocycles. The summed E-state index contributed by atoms with van der Waals surface area (Å²) in [6.45, 7) is 0.504. The lowest BCUT2D eigenvalue weighted by Crippen LogP contribution is -2.35. The molecule has 4 rings (SSSR count). The Morgan fingerprint density at radius 3 is 2.54 bits per heavy atom. The predicted molar refractivity (Wildman–Crippen MR) is 90.7 cm³/mol. The topological polar surface area (TPSA) is 68.1 Å². The van der Waals surface area contributed by atoms with Crippen LogP contribution in [0.5, 0.6) is 0 Å². The van der Waals surface area contributed by atoms with Gasteiger partial charge < -0.3 is 0 Å².